The van der Waals surface area contributed by atoms with Crippen molar-refractivity contribution in [2.45, 2.75) is 20.4 Å². The summed E-state index contributed by atoms with van der Waals surface area (Å²) in [4.78, 5) is 1.22. The molecular formula is C11H12ClNS. The summed E-state index contributed by atoms with van der Waals surface area (Å²) < 4.78 is 2.18. The summed E-state index contributed by atoms with van der Waals surface area (Å²) in [5.74, 6) is 0. The molecule has 0 saturated heterocycles. The van der Waals surface area contributed by atoms with Gasteiger partial charge in [0.1, 0.15) is 0 Å². The monoisotopic (exact) mass is 225 g/mol. The van der Waals surface area contributed by atoms with Gasteiger partial charge >= 0.3 is 0 Å². The van der Waals surface area contributed by atoms with Crippen LogP contribution in [0.1, 0.15) is 16.0 Å². The smallest absolute Gasteiger partial charge is 0.0578 e. The van der Waals surface area contributed by atoms with E-state index >= 15 is 0 Å². The molecule has 0 N–H and O–H groups in total. The lowest BCUT2D eigenvalue weighted by Crippen LogP contribution is -1.93. The van der Waals surface area contributed by atoms with E-state index in [0.29, 0.717) is 0 Å². The number of rotatable bonds is 2. The quantitative estimate of drug-likeness (QED) is 0.731. The van der Waals surface area contributed by atoms with E-state index in [1.54, 1.807) is 11.3 Å². The molecule has 0 radical (unpaired) electrons. The molecule has 0 bridgehead atoms. The van der Waals surface area contributed by atoms with Gasteiger partial charge in [0.15, 0.2) is 0 Å². The summed E-state index contributed by atoms with van der Waals surface area (Å²) in [6.07, 6.45) is 4.32. The zero-order chi connectivity index (χ0) is 10.1. The van der Waals surface area contributed by atoms with Crippen molar-refractivity contribution < 1.29 is 0 Å². The summed E-state index contributed by atoms with van der Waals surface area (Å²) in [5, 5.41) is 2.90. The number of aromatic nitrogens is 1. The van der Waals surface area contributed by atoms with E-state index in [-0.39, 0.29) is 0 Å². The summed E-state index contributed by atoms with van der Waals surface area (Å²) in [6.45, 7) is 5.13. The van der Waals surface area contributed by atoms with Crippen LogP contribution >= 0.6 is 22.9 Å². The zero-order valence-corrected chi connectivity index (χ0v) is 9.82. The second-order valence-corrected chi connectivity index (χ2v) is 4.90. The van der Waals surface area contributed by atoms with Crippen molar-refractivity contribution in [2.24, 2.45) is 0 Å². The van der Waals surface area contributed by atoms with Crippen LogP contribution in [0.15, 0.2) is 23.8 Å². The predicted octanol–water partition coefficient (Wildman–Crippen LogP) is 3.87. The molecule has 74 valence electrons. The van der Waals surface area contributed by atoms with Gasteiger partial charge in [-0.25, -0.2) is 0 Å². The van der Waals surface area contributed by atoms with E-state index < -0.39 is 0 Å². The largest absolute Gasteiger partial charge is 0.348 e. The van der Waals surface area contributed by atoms with Crippen LogP contribution in [0.3, 0.4) is 0 Å². The Morgan fingerprint density at radius 3 is 2.43 bits per heavy atom. The number of hydrogen-bond donors (Lipinski definition) is 0. The first-order valence-corrected chi connectivity index (χ1v) is 5.77. The van der Waals surface area contributed by atoms with Crippen molar-refractivity contribution in [3.8, 4) is 0 Å². The Bertz CT molecular complexity index is 422. The van der Waals surface area contributed by atoms with E-state index in [0.717, 1.165) is 11.6 Å². The lowest BCUT2D eigenvalue weighted by Gasteiger charge is -2.00. The minimum Gasteiger partial charge on any atom is -0.348 e. The van der Waals surface area contributed by atoms with Crippen molar-refractivity contribution in [3.05, 3.63) is 44.9 Å². The van der Waals surface area contributed by atoms with E-state index in [1.807, 2.05) is 11.4 Å². The summed E-state index contributed by atoms with van der Waals surface area (Å²) >= 11 is 7.74. The Kier molecular flexibility index (Phi) is 2.66. The first-order valence-electron chi connectivity index (χ1n) is 4.51. The van der Waals surface area contributed by atoms with Crippen molar-refractivity contribution >= 4 is 22.9 Å². The highest BCUT2D eigenvalue weighted by Crippen LogP contribution is 2.23. The van der Waals surface area contributed by atoms with Gasteiger partial charge in [-0.1, -0.05) is 11.6 Å². The van der Waals surface area contributed by atoms with E-state index in [4.69, 9.17) is 11.6 Å². The first kappa shape index (κ1) is 9.81. The molecule has 0 aliphatic heterocycles. The standard InChI is InChI=1S/C11H12ClNS/c1-8-5-13(6-9(8)2)7-11-10(12)3-4-14-11/h3-6H,7H2,1-2H3. The van der Waals surface area contributed by atoms with Gasteiger partial charge in [-0.15, -0.1) is 11.3 Å². The number of thiophene rings is 1. The third-order valence-corrected chi connectivity index (χ3v) is 3.73. The van der Waals surface area contributed by atoms with Gasteiger partial charge in [0, 0.05) is 17.3 Å². The molecule has 1 nitrogen and oxygen atoms in total. The summed E-state index contributed by atoms with van der Waals surface area (Å²) in [5.41, 5.74) is 2.66. The molecular weight excluding hydrogens is 214 g/mol. The van der Waals surface area contributed by atoms with Gasteiger partial charge in [0.25, 0.3) is 0 Å². The Hall–Kier alpha value is -0.730. The molecule has 0 aliphatic rings. The summed E-state index contributed by atoms with van der Waals surface area (Å²) in [7, 11) is 0. The Labute approximate surface area is 92.9 Å². The molecule has 2 aromatic heterocycles. The Morgan fingerprint density at radius 2 is 1.93 bits per heavy atom. The molecule has 14 heavy (non-hydrogen) atoms. The van der Waals surface area contributed by atoms with Gasteiger partial charge in [-0.2, -0.15) is 0 Å². The fraction of sp³-hybridized carbons (Fsp3) is 0.273. The molecule has 0 atom stereocenters. The molecule has 0 amide bonds. The molecule has 0 spiro atoms. The lowest BCUT2D eigenvalue weighted by molar-refractivity contribution is 0.816. The van der Waals surface area contributed by atoms with Gasteiger partial charge < -0.3 is 4.57 Å². The SMILES string of the molecule is Cc1cn(Cc2sccc2Cl)cc1C. The van der Waals surface area contributed by atoms with Crippen LogP contribution in [0.25, 0.3) is 0 Å². The highest BCUT2D eigenvalue weighted by atomic mass is 35.5. The fourth-order valence-corrected chi connectivity index (χ4v) is 2.54. The molecule has 0 fully saturated rings. The van der Waals surface area contributed by atoms with Crippen LogP contribution < -0.4 is 0 Å². The molecule has 2 rings (SSSR count). The average molecular weight is 226 g/mol. The topological polar surface area (TPSA) is 4.93 Å². The first-order chi connectivity index (χ1) is 6.66. The molecule has 2 aromatic rings. The Balaban J connectivity index is 2.23. The van der Waals surface area contributed by atoms with Gasteiger partial charge in [-0.05, 0) is 36.4 Å². The zero-order valence-electron chi connectivity index (χ0n) is 8.25. The van der Waals surface area contributed by atoms with Gasteiger partial charge in [0.05, 0.1) is 11.6 Å². The van der Waals surface area contributed by atoms with Crippen molar-refractivity contribution in [2.75, 3.05) is 0 Å². The molecule has 2 heterocycles. The van der Waals surface area contributed by atoms with Crippen LogP contribution in [-0.4, -0.2) is 4.57 Å². The number of nitrogens with zero attached hydrogens (tertiary/aromatic N) is 1. The van der Waals surface area contributed by atoms with Crippen LogP contribution in [0.4, 0.5) is 0 Å². The number of halogens is 1. The maximum Gasteiger partial charge on any atom is 0.0578 e. The van der Waals surface area contributed by atoms with E-state index in [1.165, 1.54) is 16.0 Å². The highest BCUT2D eigenvalue weighted by Gasteiger charge is 2.03. The van der Waals surface area contributed by atoms with Crippen LogP contribution in [-0.2, 0) is 6.54 Å². The van der Waals surface area contributed by atoms with Gasteiger partial charge in [-0.3, -0.25) is 0 Å². The Morgan fingerprint density at radius 1 is 1.29 bits per heavy atom. The van der Waals surface area contributed by atoms with Crippen LogP contribution in [0, 0.1) is 13.8 Å². The van der Waals surface area contributed by atoms with E-state index in [9.17, 15) is 0 Å². The predicted molar refractivity (Wildman–Crippen MR) is 62.3 cm³/mol. The normalized spacial score (nSPS) is 10.8. The number of hydrogen-bond acceptors (Lipinski definition) is 1. The fourth-order valence-electron chi connectivity index (χ4n) is 1.43. The second kappa shape index (κ2) is 3.79. The molecule has 3 heteroatoms. The molecule has 0 unspecified atom stereocenters. The summed E-state index contributed by atoms with van der Waals surface area (Å²) in [6, 6.07) is 1.95. The molecule has 0 aliphatic carbocycles. The highest BCUT2D eigenvalue weighted by molar-refractivity contribution is 7.10. The van der Waals surface area contributed by atoms with Crippen LogP contribution in [0.2, 0.25) is 5.02 Å². The maximum atomic E-state index is 6.03. The van der Waals surface area contributed by atoms with E-state index in [2.05, 4.69) is 30.8 Å². The number of aryl methyl sites for hydroxylation is 2. The van der Waals surface area contributed by atoms with Gasteiger partial charge in [0.2, 0.25) is 0 Å². The average Bonchev–Trinajstić information content (AvgIpc) is 2.63. The lowest BCUT2D eigenvalue weighted by atomic mass is 10.2. The minimum absolute atomic E-state index is 0.874. The van der Waals surface area contributed by atoms with Crippen LogP contribution in [0.5, 0.6) is 0 Å². The van der Waals surface area contributed by atoms with Crippen molar-refractivity contribution in [1.29, 1.82) is 0 Å². The van der Waals surface area contributed by atoms with Crippen molar-refractivity contribution in [1.82, 2.24) is 4.57 Å². The molecule has 0 saturated carbocycles. The minimum atomic E-state index is 0.874. The van der Waals surface area contributed by atoms with Crippen molar-refractivity contribution in [3.63, 3.8) is 0 Å². The third kappa shape index (κ3) is 1.86. The third-order valence-electron chi connectivity index (χ3n) is 2.36. The second-order valence-electron chi connectivity index (χ2n) is 3.49. The maximum absolute atomic E-state index is 6.03. The molecule has 0 aromatic carbocycles.